The van der Waals surface area contributed by atoms with Crippen LogP contribution in [0.4, 0.5) is 0 Å². The lowest BCUT2D eigenvalue weighted by Gasteiger charge is -2.41. The Morgan fingerprint density at radius 3 is 2.43 bits per heavy atom. The van der Waals surface area contributed by atoms with Crippen molar-refractivity contribution in [1.82, 2.24) is 15.1 Å². The molecule has 0 aromatic carbocycles. The van der Waals surface area contributed by atoms with Crippen molar-refractivity contribution in [2.45, 2.75) is 64.5 Å². The minimum Gasteiger partial charge on any atom is -0.314 e. The molecule has 0 aromatic rings. The molecule has 3 atom stereocenters. The predicted octanol–water partition coefficient (Wildman–Crippen LogP) is 2.82. The van der Waals surface area contributed by atoms with E-state index in [0.29, 0.717) is 0 Å². The van der Waals surface area contributed by atoms with Gasteiger partial charge in [0.25, 0.3) is 0 Å². The van der Waals surface area contributed by atoms with Crippen LogP contribution in [0.25, 0.3) is 0 Å². The van der Waals surface area contributed by atoms with E-state index in [1.165, 1.54) is 64.7 Å². The molecular formula is C18H37N3. The first kappa shape index (κ1) is 17.2. The van der Waals surface area contributed by atoms with Crippen molar-refractivity contribution in [2.75, 3.05) is 40.3 Å². The van der Waals surface area contributed by atoms with Crippen molar-refractivity contribution in [1.29, 1.82) is 0 Å². The number of piperidine rings is 1. The highest BCUT2D eigenvalue weighted by Crippen LogP contribution is 2.30. The van der Waals surface area contributed by atoms with Gasteiger partial charge in [-0.15, -0.1) is 0 Å². The van der Waals surface area contributed by atoms with E-state index in [1.807, 2.05) is 0 Å². The maximum atomic E-state index is 3.82. The van der Waals surface area contributed by atoms with Crippen LogP contribution in [0.2, 0.25) is 0 Å². The number of nitrogens with one attached hydrogen (secondary N) is 1. The van der Waals surface area contributed by atoms with Crippen LogP contribution in [0.15, 0.2) is 0 Å². The lowest BCUT2D eigenvalue weighted by molar-refractivity contribution is 0.0998. The van der Waals surface area contributed by atoms with Gasteiger partial charge >= 0.3 is 0 Å². The largest absolute Gasteiger partial charge is 0.314 e. The van der Waals surface area contributed by atoms with E-state index in [1.54, 1.807) is 0 Å². The van der Waals surface area contributed by atoms with Crippen LogP contribution >= 0.6 is 0 Å². The van der Waals surface area contributed by atoms with Crippen molar-refractivity contribution in [3.05, 3.63) is 0 Å². The summed E-state index contributed by atoms with van der Waals surface area (Å²) in [6.45, 7) is 9.84. The van der Waals surface area contributed by atoms with E-state index in [2.05, 4.69) is 43.1 Å². The van der Waals surface area contributed by atoms with Gasteiger partial charge in [0.1, 0.15) is 0 Å². The summed E-state index contributed by atoms with van der Waals surface area (Å²) in [6.07, 6.45) is 8.19. The van der Waals surface area contributed by atoms with Crippen LogP contribution in [-0.4, -0.2) is 62.2 Å². The Morgan fingerprint density at radius 1 is 1.10 bits per heavy atom. The fraction of sp³-hybridized carbons (Fsp3) is 1.00. The Hall–Kier alpha value is -0.120. The van der Waals surface area contributed by atoms with E-state index < -0.39 is 0 Å². The van der Waals surface area contributed by atoms with Gasteiger partial charge in [0.15, 0.2) is 0 Å². The quantitative estimate of drug-likeness (QED) is 0.813. The molecule has 0 amide bonds. The Balaban J connectivity index is 1.81. The van der Waals surface area contributed by atoms with Crippen molar-refractivity contribution in [2.24, 2.45) is 11.8 Å². The third kappa shape index (κ3) is 5.22. The van der Waals surface area contributed by atoms with E-state index in [-0.39, 0.29) is 0 Å². The Labute approximate surface area is 132 Å². The van der Waals surface area contributed by atoms with Crippen LogP contribution in [0.3, 0.4) is 0 Å². The van der Waals surface area contributed by atoms with Crippen molar-refractivity contribution in [3.8, 4) is 0 Å². The molecule has 21 heavy (non-hydrogen) atoms. The highest BCUT2D eigenvalue weighted by Gasteiger charge is 2.31. The highest BCUT2D eigenvalue weighted by atomic mass is 15.2. The molecule has 3 nitrogen and oxygen atoms in total. The molecular weight excluding hydrogens is 258 g/mol. The molecule has 1 N–H and O–H groups in total. The molecule has 1 heterocycles. The molecule has 2 aliphatic rings. The molecule has 2 fully saturated rings. The molecule has 2 rings (SSSR count). The van der Waals surface area contributed by atoms with Crippen molar-refractivity contribution in [3.63, 3.8) is 0 Å². The second-order valence-corrected chi connectivity index (χ2v) is 7.73. The smallest absolute Gasteiger partial charge is 0.0113 e. The fourth-order valence-corrected chi connectivity index (χ4v) is 4.25. The van der Waals surface area contributed by atoms with Gasteiger partial charge in [0.05, 0.1) is 0 Å². The van der Waals surface area contributed by atoms with Gasteiger partial charge in [-0.05, 0) is 84.1 Å². The lowest BCUT2D eigenvalue weighted by Crippen LogP contribution is -2.49. The average Bonchev–Trinajstić information content (AvgIpc) is 2.47. The molecule has 1 aliphatic heterocycles. The molecule has 0 bridgehead atoms. The van der Waals surface area contributed by atoms with Gasteiger partial charge < -0.3 is 15.1 Å². The van der Waals surface area contributed by atoms with Gasteiger partial charge in [0.2, 0.25) is 0 Å². The van der Waals surface area contributed by atoms with Crippen LogP contribution in [0.5, 0.6) is 0 Å². The van der Waals surface area contributed by atoms with Gasteiger partial charge in [0, 0.05) is 18.6 Å². The first-order valence-corrected chi connectivity index (χ1v) is 9.22. The normalized spacial score (nSPS) is 32.7. The number of hydrogen-bond donors (Lipinski definition) is 1. The van der Waals surface area contributed by atoms with E-state index in [9.17, 15) is 0 Å². The topological polar surface area (TPSA) is 18.5 Å². The Morgan fingerprint density at radius 2 is 1.81 bits per heavy atom. The van der Waals surface area contributed by atoms with E-state index in [4.69, 9.17) is 0 Å². The maximum absolute atomic E-state index is 3.82. The molecule has 1 saturated carbocycles. The Kier molecular flexibility index (Phi) is 6.97. The third-order valence-corrected chi connectivity index (χ3v) is 5.68. The lowest BCUT2D eigenvalue weighted by atomic mass is 9.78. The second kappa shape index (κ2) is 8.50. The first-order valence-electron chi connectivity index (χ1n) is 9.22. The Bertz CT molecular complexity index is 282. The predicted molar refractivity (Wildman–Crippen MR) is 91.7 cm³/mol. The van der Waals surface area contributed by atoms with Crippen LogP contribution in [0, 0.1) is 11.8 Å². The summed E-state index contributed by atoms with van der Waals surface area (Å²) in [7, 11) is 4.46. The molecule has 1 aliphatic carbocycles. The zero-order chi connectivity index (χ0) is 15.2. The number of likely N-dealkylation sites (tertiary alicyclic amines) is 1. The minimum atomic E-state index is 0.771. The highest BCUT2D eigenvalue weighted by molar-refractivity contribution is 4.87. The van der Waals surface area contributed by atoms with Gasteiger partial charge in [-0.3, -0.25) is 0 Å². The fourth-order valence-electron chi connectivity index (χ4n) is 4.25. The number of rotatable bonds is 6. The zero-order valence-electron chi connectivity index (χ0n) is 14.8. The summed E-state index contributed by atoms with van der Waals surface area (Å²) >= 11 is 0. The van der Waals surface area contributed by atoms with Crippen LogP contribution < -0.4 is 5.32 Å². The van der Waals surface area contributed by atoms with Gasteiger partial charge in [-0.25, -0.2) is 0 Å². The maximum Gasteiger partial charge on any atom is 0.0113 e. The van der Waals surface area contributed by atoms with E-state index in [0.717, 1.165) is 23.9 Å². The number of hydrogen-bond acceptors (Lipinski definition) is 3. The summed E-state index contributed by atoms with van der Waals surface area (Å²) in [5, 5.41) is 3.82. The zero-order valence-corrected chi connectivity index (χ0v) is 14.8. The molecule has 0 aromatic heterocycles. The first-order chi connectivity index (χ1) is 10.1. The van der Waals surface area contributed by atoms with Gasteiger partial charge in [-0.1, -0.05) is 13.8 Å². The van der Waals surface area contributed by atoms with Gasteiger partial charge in [-0.2, -0.15) is 0 Å². The second-order valence-electron chi connectivity index (χ2n) is 7.73. The summed E-state index contributed by atoms with van der Waals surface area (Å²) in [6, 6.07) is 1.58. The molecule has 3 unspecified atom stereocenters. The number of nitrogens with zero attached hydrogens (tertiary/aromatic N) is 2. The van der Waals surface area contributed by atoms with Crippen molar-refractivity contribution >= 4 is 0 Å². The SMILES string of the molecule is CCCNC1CCC(C)CC1CN1CCC(N(C)C)CC1. The molecule has 1 saturated heterocycles. The molecule has 0 spiro atoms. The molecule has 124 valence electrons. The molecule has 0 radical (unpaired) electrons. The standard InChI is InChI=1S/C18H37N3/c1-5-10-19-18-7-6-15(2)13-16(18)14-21-11-8-17(9-12-21)20(3)4/h15-19H,5-14H2,1-4H3. The third-order valence-electron chi connectivity index (χ3n) is 5.68. The van der Waals surface area contributed by atoms with Crippen molar-refractivity contribution < 1.29 is 0 Å². The summed E-state index contributed by atoms with van der Waals surface area (Å²) < 4.78 is 0. The van der Waals surface area contributed by atoms with Crippen LogP contribution in [-0.2, 0) is 0 Å². The van der Waals surface area contributed by atoms with E-state index >= 15 is 0 Å². The summed E-state index contributed by atoms with van der Waals surface area (Å²) in [4.78, 5) is 5.15. The average molecular weight is 296 g/mol. The summed E-state index contributed by atoms with van der Waals surface area (Å²) in [5.41, 5.74) is 0. The molecule has 3 heteroatoms. The minimum absolute atomic E-state index is 0.771. The summed E-state index contributed by atoms with van der Waals surface area (Å²) in [5.74, 6) is 1.80. The monoisotopic (exact) mass is 295 g/mol. The van der Waals surface area contributed by atoms with Crippen LogP contribution in [0.1, 0.15) is 52.4 Å².